The van der Waals surface area contributed by atoms with E-state index in [1.807, 2.05) is 0 Å². The van der Waals surface area contributed by atoms with Crippen LogP contribution in [0.15, 0.2) is 200 Å². The van der Waals surface area contributed by atoms with Gasteiger partial charge < -0.3 is 13.7 Å². The standard InChI is InChI=1S/C57H39N3/c1-57(2)45-25-11-6-20-39(45)41-24-16-30-53(56(41)57)60-47-27-13-8-21-40(47)44-35-36(31-32-50(44)60)38-19-7-12-26-46(38)59-49-29-15-10-23-43(49)55-52(59)34-33-51-54(55)42-22-9-14-28-48(42)58(51)37-17-4-3-5-18-37/h3-35H,1-2H3. The van der Waals surface area contributed by atoms with E-state index in [-0.39, 0.29) is 5.41 Å². The summed E-state index contributed by atoms with van der Waals surface area (Å²) in [7, 11) is 0. The van der Waals surface area contributed by atoms with E-state index < -0.39 is 0 Å². The third kappa shape index (κ3) is 4.38. The Balaban J connectivity index is 1.05. The smallest absolute Gasteiger partial charge is 0.0549 e. The first-order chi connectivity index (χ1) is 29.6. The molecule has 60 heavy (non-hydrogen) atoms. The molecular weight excluding hydrogens is 727 g/mol. The molecule has 3 nitrogen and oxygen atoms in total. The quantitative estimate of drug-likeness (QED) is 0.169. The molecule has 9 aromatic carbocycles. The zero-order valence-corrected chi connectivity index (χ0v) is 33.4. The maximum atomic E-state index is 2.51. The Hall–Kier alpha value is -7.62. The lowest BCUT2D eigenvalue weighted by atomic mass is 9.81. The monoisotopic (exact) mass is 765 g/mol. The Morgan fingerprint density at radius 2 is 0.833 bits per heavy atom. The van der Waals surface area contributed by atoms with E-state index in [1.165, 1.54) is 116 Å². The van der Waals surface area contributed by atoms with Gasteiger partial charge in [0.05, 0.1) is 44.5 Å². The van der Waals surface area contributed by atoms with Crippen molar-refractivity contribution >= 4 is 65.4 Å². The van der Waals surface area contributed by atoms with E-state index in [4.69, 9.17) is 0 Å². The molecule has 13 rings (SSSR count). The topological polar surface area (TPSA) is 14.8 Å². The van der Waals surface area contributed by atoms with Gasteiger partial charge in [0.2, 0.25) is 0 Å². The fraction of sp³-hybridized carbons (Fsp3) is 0.0526. The predicted molar refractivity (Wildman–Crippen MR) is 252 cm³/mol. The molecule has 1 aliphatic carbocycles. The molecule has 282 valence electrons. The summed E-state index contributed by atoms with van der Waals surface area (Å²) in [5.41, 5.74) is 18.5. The molecule has 0 radical (unpaired) electrons. The highest BCUT2D eigenvalue weighted by Gasteiger charge is 2.38. The summed E-state index contributed by atoms with van der Waals surface area (Å²) in [5, 5.41) is 7.59. The van der Waals surface area contributed by atoms with Gasteiger partial charge in [-0.2, -0.15) is 0 Å². The molecule has 0 saturated heterocycles. The molecular formula is C57H39N3. The second-order valence-electron chi connectivity index (χ2n) is 16.9. The highest BCUT2D eigenvalue weighted by Crippen LogP contribution is 2.52. The SMILES string of the molecule is CC1(C)c2ccccc2-c2cccc(-n3c4ccccc4c4cc(-c5ccccc5-n5c6ccccc6c6c7c8ccccc8n(-c8ccccc8)c7ccc65)ccc43)c21. The second-order valence-corrected chi connectivity index (χ2v) is 16.9. The number of benzene rings is 9. The van der Waals surface area contributed by atoms with Gasteiger partial charge in [0, 0.05) is 49.0 Å². The van der Waals surface area contributed by atoms with Gasteiger partial charge in [-0.3, -0.25) is 0 Å². The summed E-state index contributed by atoms with van der Waals surface area (Å²) in [5.74, 6) is 0. The van der Waals surface area contributed by atoms with Crippen molar-refractivity contribution < 1.29 is 0 Å². The summed E-state index contributed by atoms with van der Waals surface area (Å²) in [6.07, 6.45) is 0. The number of aromatic nitrogens is 3. The summed E-state index contributed by atoms with van der Waals surface area (Å²) in [4.78, 5) is 0. The molecule has 3 aromatic heterocycles. The van der Waals surface area contributed by atoms with Gasteiger partial charge in [0.15, 0.2) is 0 Å². The third-order valence-corrected chi connectivity index (χ3v) is 13.4. The van der Waals surface area contributed by atoms with Gasteiger partial charge in [-0.15, -0.1) is 0 Å². The molecule has 0 aliphatic heterocycles. The number of rotatable bonds is 4. The number of nitrogens with zero attached hydrogens (tertiary/aromatic N) is 3. The minimum Gasteiger partial charge on any atom is -0.309 e. The lowest BCUT2D eigenvalue weighted by Crippen LogP contribution is -2.17. The van der Waals surface area contributed by atoms with Crippen LogP contribution in [0.25, 0.3) is 105 Å². The van der Waals surface area contributed by atoms with Crippen molar-refractivity contribution in [2.24, 2.45) is 0 Å². The maximum Gasteiger partial charge on any atom is 0.0549 e. The van der Waals surface area contributed by atoms with Crippen LogP contribution in [0.3, 0.4) is 0 Å². The van der Waals surface area contributed by atoms with Crippen LogP contribution in [0.1, 0.15) is 25.0 Å². The van der Waals surface area contributed by atoms with E-state index in [0.717, 1.165) is 0 Å². The zero-order chi connectivity index (χ0) is 39.7. The molecule has 0 fully saturated rings. The molecule has 12 aromatic rings. The van der Waals surface area contributed by atoms with Crippen molar-refractivity contribution in [3.8, 4) is 39.3 Å². The van der Waals surface area contributed by atoms with Crippen LogP contribution in [0, 0.1) is 0 Å². The first-order valence-electron chi connectivity index (χ1n) is 21.0. The van der Waals surface area contributed by atoms with Gasteiger partial charge in [-0.25, -0.2) is 0 Å². The molecule has 3 heterocycles. The van der Waals surface area contributed by atoms with Crippen molar-refractivity contribution in [1.82, 2.24) is 13.7 Å². The van der Waals surface area contributed by atoms with Crippen LogP contribution in [0.5, 0.6) is 0 Å². The fourth-order valence-corrected chi connectivity index (χ4v) is 11.0. The molecule has 0 amide bonds. The third-order valence-electron chi connectivity index (χ3n) is 13.4. The Morgan fingerprint density at radius 3 is 1.58 bits per heavy atom. The highest BCUT2D eigenvalue weighted by atomic mass is 15.0. The van der Waals surface area contributed by atoms with Crippen LogP contribution < -0.4 is 0 Å². The maximum absolute atomic E-state index is 2.51. The van der Waals surface area contributed by atoms with E-state index >= 15 is 0 Å². The lowest BCUT2D eigenvalue weighted by Gasteiger charge is -2.25. The molecule has 3 heteroatoms. The lowest BCUT2D eigenvalue weighted by molar-refractivity contribution is 0.656. The van der Waals surface area contributed by atoms with Crippen LogP contribution in [-0.4, -0.2) is 13.7 Å². The van der Waals surface area contributed by atoms with Gasteiger partial charge in [0.25, 0.3) is 0 Å². The number of para-hydroxylation sites is 5. The Kier molecular flexibility index (Phi) is 6.78. The highest BCUT2D eigenvalue weighted by molar-refractivity contribution is 6.29. The van der Waals surface area contributed by atoms with Gasteiger partial charge in [-0.05, 0) is 94.5 Å². The Morgan fingerprint density at radius 1 is 0.333 bits per heavy atom. The van der Waals surface area contributed by atoms with E-state index in [9.17, 15) is 0 Å². The fourth-order valence-electron chi connectivity index (χ4n) is 11.0. The van der Waals surface area contributed by atoms with E-state index in [2.05, 4.69) is 228 Å². The molecule has 0 bridgehead atoms. The summed E-state index contributed by atoms with van der Waals surface area (Å²) < 4.78 is 7.42. The largest absolute Gasteiger partial charge is 0.309 e. The minimum atomic E-state index is -0.135. The Bertz CT molecular complexity index is 3740. The first kappa shape index (κ1) is 33.4. The van der Waals surface area contributed by atoms with Gasteiger partial charge in [-0.1, -0.05) is 147 Å². The van der Waals surface area contributed by atoms with Crippen molar-refractivity contribution in [2.45, 2.75) is 19.3 Å². The van der Waals surface area contributed by atoms with Crippen molar-refractivity contribution in [2.75, 3.05) is 0 Å². The summed E-state index contributed by atoms with van der Waals surface area (Å²) in [6.45, 7) is 4.76. The predicted octanol–water partition coefficient (Wildman–Crippen LogP) is 15.0. The molecule has 0 spiro atoms. The zero-order valence-electron chi connectivity index (χ0n) is 33.4. The summed E-state index contributed by atoms with van der Waals surface area (Å²) in [6, 6.07) is 73.9. The molecule has 1 aliphatic rings. The van der Waals surface area contributed by atoms with E-state index in [0.29, 0.717) is 0 Å². The van der Waals surface area contributed by atoms with Crippen LogP contribution >= 0.6 is 0 Å². The van der Waals surface area contributed by atoms with Crippen molar-refractivity contribution in [1.29, 1.82) is 0 Å². The molecule has 0 atom stereocenters. The normalized spacial score (nSPS) is 13.3. The minimum absolute atomic E-state index is 0.135. The van der Waals surface area contributed by atoms with Crippen LogP contribution in [0.2, 0.25) is 0 Å². The molecule has 0 saturated carbocycles. The van der Waals surface area contributed by atoms with Crippen molar-refractivity contribution in [3.05, 3.63) is 211 Å². The average molecular weight is 766 g/mol. The summed E-state index contributed by atoms with van der Waals surface area (Å²) >= 11 is 0. The number of hydrogen-bond acceptors (Lipinski definition) is 0. The molecule has 0 unspecified atom stereocenters. The van der Waals surface area contributed by atoms with Gasteiger partial charge in [0.1, 0.15) is 0 Å². The second kappa shape index (κ2) is 12.2. The van der Waals surface area contributed by atoms with Crippen molar-refractivity contribution in [3.63, 3.8) is 0 Å². The van der Waals surface area contributed by atoms with Gasteiger partial charge >= 0.3 is 0 Å². The van der Waals surface area contributed by atoms with Crippen LogP contribution in [0.4, 0.5) is 0 Å². The number of fused-ring (bicyclic) bond motifs is 13. The molecule has 0 N–H and O–H groups in total. The van der Waals surface area contributed by atoms with Crippen LogP contribution in [-0.2, 0) is 5.41 Å². The first-order valence-corrected chi connectivity index (χ1v) is 21.0. The Labute approximate surface area is 347 Å². The average Bonchev–Trinajstić information content (AvgIpc) is 4.00. The number of hydrogen-bond donors (Lipinski definition) is 0. The van der Waals surface area contributed by atoms with E-state index in [1.54, 1.807) is 0 Å².